The van der Waals surface area contributed by atoms with Gasteiger partial charge in [-0.15, -0.1) is 0 Å². The lowest BCUT2D eigenvalue weighted by Gasteiger charge is -2.33. The van der Waals surface area contributed by atoms with Crippen LogP contribution in [0.4, 0.5) is 8.78 Å². The Bertz CT molecular complexity index is 568. The quantitative estimate of drug-likeness (QED) is 0.845. The molecule has 2 aliphatic rings. The Labute approximate surface area is 141 Å². The largest absolute Gasteiger partial charge is 0.378 e. The topological polar surface area (TPSA) is 32.8 Å². The van der Waals surface area contributed by atoms with E-state index in [0.29, 0.717) is 50.8 Å². The number of nitrogens with zero attached hydrogens (tertiary/aromatic N) is 2. The van der Waals surface area contributed by atoms with Crippen LogP contribution in [0.15, 0.2) is 18.2 Å². The minimum absolute atomic E-state index is 0.223. The van der Waals surface area contributed by atoms with Crippen molar-refractivity contribution in [2.24, 2.45) is 5.92 Å². The van der Waals surface area contributed by atoms with Crippen LogP contribution in [-0.2, 0) is 16.1 Å². The molecule has 6 heteroatoms. The van der Waals surface area contributed by atoms with Crippen molar-refractivity contribution in [1.82, 2.24) is 9.80 Å². The van der Waals surface area contributed by atoms with Gasteiger partial charge >= 0.3 is 0 Å². The van der Waals surface area contributed by atoms with Gasteiger partial charge in [0.15, 0.2) is 0 Å². The van der Waals surface area contributed by atoms with Crippen molar-refractivity contribution in [3.63, 3.8) is 0 Å². The lowest BCUT2D eigenvalue weighted by molar-refractivity contribution is -0.136. The van der Waals surface area contributed by atoms with E-state index in [-0.39, 0.29) is 5.91 Å². The molecule has 0 saturated carbocycles. The minimum atomic E-state index is -0.545. The van der Waals surface area contributed by atoms with Crippen molar-refractivity contribution in [1.29, 1.82) is 0 Å². The fourth-order valence-corrected chi connectivity index (χ4v) is 3.43. The molecule has 2 heterocycles. The Hall–Kier alpha value is -1.53. The molecule has 0 unspecified atom stereocenters. The van der Waals surface area contributed by atoms with Crippen LogP contribution in [0, 0.1) is 17.6 Å². The number of likely N-dealkylation sites (tertiary alicyclic amines) is 1. The van der Waals surface area contributed by atoms with E-state index in [4.69, 9.17) is 4.74 Å². The first-order valence-corrected chi connectivity index (χ1v) is 8.63. The number of carbonyl (C=O) groups is 1. The smallest absolute Gasteiger partial charge is 0.223 e. The minimum Gasteiger partial charge on any atom is -0.378 e. The first kappa shape index (κ1) is 17.3. The van der Waals surface area contributed by atoms with Gasteiger partial charge in [0.05, 0.1) is 13.2 Å². The standard InChI is InChI=1S/C18H24F2N2O2/c19-16-2-1-15(17(20)12-16)13-21-5-3-14(4-6-21)11-18(23)22-7-9-24-10-8-22/h1-2,12,14H,3-11,13H2. The van der Waals surface area contributed by atoms with Gasteiger partial charge in [-0.05, 0) is 37.9 Å². The molecule has 24 heavy (non-hydrogen) atoms. The lowest BCUT2D eigenvalue weighted by Crippen LogP contribution is -2.42. The van der Waals surface area contributed by atoms with Gasteiger partial charge < -0.3 is 9.64 Å². The maximum atomic E-state index is 13.7. The summed E-state index contributed by atoms with van der Waals surface area (Å²) in [5.41, 5.74) is 0.527. The highest BCUT2D eigenvalue weighted by Gasteiger charge is 2.25. The van der Waals surface area contributed by atoms with Crippen LogP contribution in [0.25, 0.3) is 0 Å². The summed E-state index contributed by atoms with van der Waals surface area (Å²) in [5, 5.41) is 0. The Kier molecular flexibility index (Phi) is 5.79. The molecule has 0 aromatic heterocycles. The van der Waals surface area contributed by atoms with Crippen molar-refractivity contribution in [2.45, 2.75) is 25.8 Å². The molecule has 1 amide bonds. The summed E-state index contributed by atoms with van der Waals surface area (Å²) in [6, 6.07) is 3.74. The van der Waals surface area contributed by atoms with Gasteiger partial charge in [-0.25, -0.2) is 8.78 Å². The number of hydrogen-bond donors (Lipinski definition) is 0. The number of hydrogen-bond acceptors (Lipinski definition) is 3. The van der Waals surface area contributed by atoms with Crippen LogP contribution in [0.1, 0.15) is 24.8 Å². The highest BCUT2D eigenvalue weighted by Crippen LogP contribution is 2.23. The molecule has 3 rings (SSSR count). The number of ether oxygens (including phenoxy) is 1. The summed E-state index contributed by atoms with van der Waals surface area (Å²) in [6.45, 7) is 4.84. The molecular formula is C18H24F2N2O2. The summed E-state index contributed by atoms with van der Waals surface area (Å²) >= 11 is 0. The summed E-state index contributed by atoms with van der Waals surface area (Å²) in [5.74, 6) is -0.410. The third-order valence-corrected chi connectivity index (χ3v) is 4.94. The van der Waals surface area contributed by atoms with E-state index in [2.05, 4.69) is 4.90 Å². The van der Waals surface area contributed by atoms with Gasteiger partial charge in [0.1, 0.15) is 11.6 Å². The molecule has 132 valence electrons. The first-order chi connectivity index (χ1) is 11.6. The van der Waals surface area contributed by atoms with Gasteiger partial charge in [-0.1, -0.05) is 6.07 Å². The molecule has 2 fully saturated rings. The normalized spacial score (nSPS) is 20.3. The monoisotopic (exact) mass is 338 g/mol. The molecule has 0 spiro atoms. The molecule has 2 aliphatic heterocycles. The Morgan fingerprint density at radius 3 is 2.50 bits per heavy atom. The molecule has 0 aliphatic carbocycles. The number of amides is 1. The molecule has 4 nitrogen and oxygen atoms in total. The maximum Gasteiger partial charge on any atom is 0.223 e. The number of carbonyl (C=O) groups excluding carboxylic acids is 1. The van der Waals surface area contributed by atoms with Gasteiger partial charge in [0.2, 0.25) is 5.91 Å². The van der Waals surface area contributed by atoms with Crippen LogP contribution < -0.4 is 0 Å². The zero-order chi connectivity index (χ0) is 16.9. The predicted molar refractivity (Wildman–Crippen MR) is 86.4 cm³/mol. The number of halogens is 2. The molecule has 2 saturated heterocycles. The molecule has 0 radical (unpaired) electrons. The van der Waals surface area contributed by atoms with Gasteiger partial charge in [0.25, 0.3) is 0 Å². The fraction of sp³-hybridized carbons (Fsp3) is 0.611. The van der Waals surface area contributed by atoms with Crippen molar-refractivity contribution in [3.8, 4) is 0 Å². The third kappa shape index (κ3) is 4.51. The van der Waals surface area contributed by atoms with E-state index in [1.807, 2.05) is 4.90 Å². The van der Waals surface area contributed by atoms with E-state index in [1.54, 1.807) is 0 Å². The number of benzene rings is 1. The number of morpholine rings is 1. The molecule has 0 bridgehead atoms. The lowest BCUT2D eigenvalue weighted by atomic mass is 9.92. The van der Waals surface area contributed by atoms with E-state index in [0.717, 1.165) is 32.0 Å². The van der Waals surface area contributed by atoms with Crippen LogP contribution in [0.2, 0.25) is 0 Å². The van der Waals surface area contributed by atoms with E-state index in [1.165, 1.54) is 12.1 Å². The van der Waals surface area contributed by atoms with E-state index < -0.39 is 11.6 Å². The molecule has 0 N–H and O–H groups in total. The van der Waals surface area contributed by atoms with Crippen molar-refractivity contribution < 1.29 is 18.3 Å². The molecule has 0 atom stereocenters. The average Bonchev–Trinajstić information content (AvgIpc) is 2.60. The molecular weight excluding hydrogens is 314 g/mol. The Balaban J connectivity index is 1.44. The fourth-order valence-electron chi connectivity index (χ4n) is 3.43. The van der Waals surface area contributed by atoms with E-state index >= 15 is 0 Å². The summed E-state index contributed by atoms with van der Waals surface area (Å²) in [6.07, 6.45) is 2.48. The van der Waals surface area contributed by atoms with Crippen LogP contribution in [0.3, 0.4) is 0 Å². The SMILES string of the molecule is O=C(CC1CCN(Cc2ccc(F)cc2F)CC1)N1CCOCC1. The number of piperidine rings is 1. The van der Waals surface area contributed by atoms with Gasteiger partial charge in [-0.3, -0.25) is 9.69 Å². The average molecular weight is 338 g/mol. The van der Waals surface area contributed by atoms with Gasteiger partial charge in [-0.2, -0.15) is 0 Å². The summed E-state index contributed by atoms with van der Waals surface area (Å²) < 4.78 is 32.0. The first-order valence-electron chi connectivity index (χ1n) is 8.63. The highest BCUT2D eigenvalue weighted by atomic mass is 19.1. The highest BCUT2D eigenvalue weighted by molar-refractivity contribution is 5.76. The third-order valence-electron chi connectivity index (χ3n) is 4.94. The summed E-state index contributed by atoms with van der Waals surface area (Å²) in [4.78, 5) is 16.4. The predicted octanol–water partition coefficient (Wildman–Crippen LogP) is 2.43. The van der Waals surface area contributed by atoms with Crippen molar-refractivity contribution in [3.05, 3.63) is 35.4 Å². The second kappa shape index (κ2) is 8.03. The second-order valence-electron chi connectivity index (χ2n) is 6.65. The van der Waals surface area contributed by atoms with Crippen molar-refractivity contribution >= 4 is 5.91 Å². The second-order valence-corrected chi connectivity index (χ2v) is 6.65. The van der Waals surface area contributed by atoms with Crippen LogP contribution >= 0.6 is 0 Å². The van der Waals surface area contributed by atoms with Crippen LogP contribution in [-0.4, -0.2) is 55.1 Å². The van der Waals surface area contributed by atoms with E-state index in [9.17, 15) is 13.6 Å². The zero-order valence-corrected chi connectivity index (χ0v) is 13.8. The van der Waals surface area contributed by atoms with Crippen molar-refractivity contribution in [2.75, 3.05) is 39.4 Å². The number of rotatable bonds is 4. The molecule has 1 aromatic carbocycles. The zero-order valence-electron chi connectivity index (χ0n) is 13.8. The van der Waals surface area contributed by atoms with Gasteiger partial charge in [0, 0.05) is 37.7 Å². The Morgan fingerprint density at radius 2 is 1.83 bits per heavy atom. The Morgan fingerprint density at radius 1 is 1.12 bits per heavy atom. The van der Waals surface area contributed by atoms with Crippen LogP contribution in [0.5, 0.6) is 0 Å². The maximum absolute atomic E-state index is 13.7. The summed E-state index contributed by atoms with van der Waals surface area (Å²) in [7, 11) is 0. The molecule has 1 aromatic rings.